The monoisotopic (exact) mass is 400 g/mol. The maximum atomic E-state index is 12.0. The summed E-state index contributed by atoms with van der Waals surface area (Å²) >= 11 is 2.20. The largest absolute Gasteiger partial charge is 0.439 e. The van der Waals surface area contributed by atoms with Gasteiger partial charge in [-0.05, 0) is 46.7 Å². The summed E-state index contributed by atoms with van der Waals surface area (Å²) in [5.74, 6) is -0.718. The second-order valence-electron chi connectivity index (χ2n) is 5.04. The Kier molecular flexibility index (Phi) is 3.83. The molecule has 2 aliphatic rings. The van der Waals surface area contributed by atoms with Crippen LogP contribution in [0.2, 0.25) is 0 Å². The van der Waals surface area contributed by atoms with Crippen LogP contribution in [0.3, 0.4) is 0 Å². The molecule has 1 unspecified atom stereocenters. The molecule has 0 aliphatic carbocycles. The number of rotatable bonds is 2. The molecule has 6 nitrogen and oxygen atoms in total. The van der Waals surface area contributed by atoms with Crippen LogP contribution in [0.15, 0.2) is 24.3 Å². The molecule has 110 valence electrons. The van der Waals surface area contributed by atoms with Crippen LogP contribution >= 0.6 is 22.6 Å². The molecule has 2 heterocycles. The van der Waals surface area contributed by atoms with Gasteiger partial charge in [-0.25, -0.2) is 4.79 Å². The first-order chi connectivity index (χ1) is 10.0. The lowest BCUT2D eigenvalue weighted by Gasteiger charge is -2.27. The van der Waals surface area contributed by atoms with Crippen LogP contribution in [-0.2, 0) is 14.3 Å². The predicted molar refractivity (Wildman–Crippen MR) is 81.3 cm³/mol. The Bertz CT molecular complexity index is 601. The lowest BCUT2D eigenvalue weighted by atomic mass is 10.0. The SMILES string of the molecule is O=C1CCC(N2C[C@H](c3ccc(I)cc3)OC2=O)C(=O)N1. The first kappa shape index (κ1) is 14.3. The summed E-state index contributed by atoms with van der Waals surface area (Å²) in [6.07, 6.45) is -0.291. The average Bonchev–Trinajstić information content (AvgIpc) is 2.81. The van der Waals surface area contributed by atoms with Crippen molar-refractivity contribution in [2.24, 2.45) is 0 Å². The van der Waals surface area contributed by atoms with Crippen LogP contribution in [0.1, 0.15) is 24.5 Å². The third-order valence-corrected chi connectivity index (χ3v) is 4.39. The normalized spacial score (nSPS) is 25.8. The van der Waals surface area contributed by atoms with Crippen molar-refractivity contribution in [3.05, 3.63) is 33.4 Å². The highest BCUT2D eigenvalue weighted by atomic mass is 127. The number of imide groups is 1. The number of hydrogen-bond donors (Lipinski definition) is 1. The zero-order valence-corrected chi connectivity index (χ0v) is 13.2. The fourth-order valence-electron chi connectivity index (χ4n) is 2.56. The van der Waals surface area contributed by atoms with Gasteiger partial charge in [0, 0.05) is 9.99 Å². The first-order valence-electron chi connectivity index (χ1n) is 6.61. The van der Waals surface area contributed by atoms with Gasteiger partial charge >= 0.3 is 6.09 Å². The van der Waals surface area contributed by atoms with Gasteiger partial charge in [0.15, 0.2) is 0 Å². The Morgan fingerprint density at radius 1 is 1.19 bits per heavy atom. The van der Waals surface area contributed by atoms with E-state index < -0.39 is 18.0 Å². The van der Waals surface area contributed by atoms with Crippen LogP contribution in [0.4, 0.5) is 4.79 Å². The fourth-order valence-corrected chi connectivity index (χ4v) is 2.92. The van der Waals surface area contributed by atoms with E-state index in [2.05, 4.69) is 27.9 Å². The number of halogens is 1. The van der Waals surface area contributed by atoms with E-state index in [9.17, 15) is 14.4 Å². The van der Waals surface area contributed by atoms with Crippen molar-refractivity contribution in [1.29, 1.82) is 0 Å². The highest BCUT2D eigenvalue weighted by Gasteiger charge is 2.41. The van der Waals surface area contributed by atoms with Gasteiger partial charge in [-0.3, -0.25) is 19.8 Å². The number of nitrogens with zero attached hydrogens (tertiary/aromatic N) is 1. The van der Waals surface area contributed by atoms with Crippen LogP contribution in [-0.4, -0.2) is 35.4 Å². The first-order valence-corrected chi connectivity index (χ1v) is 7.69. The van der Waals surface area contributed by atoms with Gasteiger partial charge in [0.05, 0.1) is 6.54 Å². The molecule has 2 fully saturated rings. The summed E-state index contributed by atoms with van der Waals surface area (Å²) in [5.41, 5.74) is 0.901. The van der Waals surface area contributed by atoms with Crippen molar-refractivity contribution in [2.75, 3.05) is 6.54 Å². The van der Waals surface area contributed by atoms with Gasteiger partial charge in [0.2, 0.25) is 11.8 Å². The van der Waals surface area contributed by atoms with Gasteiger partial charge in [0.1, 0.15) is 12.1 Å². The number of nitrogens with one attached hydrogen (secondary N) is 1. The molecule has 2 aliphatic heterocycles. The van der Waals surface area contributed by atoms with Crippen molar-refractivity contribution in [3.8, 4) is 0 Å². The summed E-state index contributed by atoms with van der Waals surface area (Å²) in [6, 6.07) is 7.09. The van der Waals surface area contributed by atoms with E-state index in [1.165, 1.54) is 4.90 Å². The third-order valence-electron chi connectivity index (χ3n) is 3.67. The summed E-state index contributed by atoms with van der Waals surface area (Å²) in [7, 11) is 0. The van der Waals surface area contributed by atoms with E-state index in [-0.39, 0.29) is 18.4 Å². The van der Waals surface area contributed by atoms with E-state index in [0.717, 1.165) is 9.13 Å². The number of hydrogen-bond acceptors (Lipinski definition) is 4. The minimum absolute atomic E-state index is 0.244. The highest BCUT2D eigenvalue weighted by molar-refractivity contribution is 14.1. The van der Waals surface area contributed by atoms with Gasteiger partial charge < -0.3 is 4.74 Å². The topological polar surface area (TPSA) is 75.7 Å². The van der Waals surface area contributed by atoms with Gasteiger partial charge in [-0.15, -0.1) is 0 Å². The molecule has 1 aromatic rings. The summed E-state index contributed by atoms with van der Waals surface area (Å²) in [5, 5.41) is 2.26. The quantitative estimate of drug-likeness (QED) is 0.605. The molecule has 0 bridgehead atoms. The lowest BCUT2D eigenvalue weighted by Crippen LogP contribution is -2.52. The second kappa shape index (κ2) is 5.63. The molecular weight excluding hydrogens is 387 g/mol. The molecule has 1 N–H and O–H groups in total. The molecule has 0 saturated carbocycles. The molecule has 0 radical (unpaired) electrons. The third kappa shape index (κ3) is 2.87. The van der Waals surface area contributed by atoms with Gasteiger partial charge in [-0.2, -0.15) is 0 Å². The maximum Gasteiger partial charge on any atom is 0.411 e. The number of amides is 3. The van der Waals surface area contributed by atoms with E-state index >= 15 is 0 Å². The molecule has 0 spiro atoms. The zero-order valence-electron chi connectivity index (χ0n) is 11.0. The molecule has 7 heteroatoms. The Labute approximate surface area is 135 Å². The van der Waals surface area contributed by atoms with Crippen LogP contribution in [0.5, 0.6) is 0 Å². The highest BCUT2D eigenvalue weighted by Crippen LogP contribution is 2.29. The number of benzene rings is 1. The van der Waals surface area contributed by atoms with E-state index in [4.69, 9.17) is 4.74 Å². The maximum absolute atomic E-state index is 12.0. The Hall–Kier alpha value is -1.64. The molecule has 2 saturated heterocycles. The van der Waals surface area contributed by atoms with Gasteiger partial charge in [-0.1, -0.05) is 12.1 Å². The number of carbonyl (C=O) groups excluding carboxylic acids is 3. The van der Waals surface area contributed by atoms with Crippen molar-refractivity contribution in [1.82, 2.24) is 10.2 Å². The number of ether oxygens (including phenoxy) is 1. The molecule has 2 atom stereocenters. The standard InChI is InChI=1S/C14H13IN2O4/c15-9-3-1-8(2-4-9)11-7-17(14(20)21-11)10-5-6-12(18)16-13(10)19/h1-4,10-11H,5-7H2,(H,16,18,19)/t10?,11-/m1/s1. The van der Waals surface area contributed by atoms with Crippen LogP contribution in [0.25, 0.3) is 0 Å². The summed E-state index contributed by atoms with van der Waals surface area (Å²) < 4.78 is 6.45. The summed E-state index contributed by atoms with van der Waals surface area (Å²) in [4.78, 5) is 36.4. The average molecular weight is 400 g/mol. The van der Waals surface area contributed by atoms with Crippen molar-refractivity contribution < 1.29 is 19.1 Å². The Morgan fingerprint density at radius 3 is 2.57 bits per heavy atom. The Balaban J connectivity index is 1.74. The number of piperidine rings is 1. The molecule has 3 amide bonds. The fraction of sp³-hybridized carbons (Fsp3) is 0.357. The van der Waals surface area contributed by atoms with Crippen molar-refractivity contribution in [3.63, 3.8) is 0 Å². The van der Waals surface area contributed by atoms with E-state index in [1.54, 1.807) is 0 Å². The van der Waals surface area contributed by atoms with Crippen LogP contribution in [0, 0.1) is 3.57 Å². The second-order valence-corrected chi connectivity index (χ2v) is 6.29. The van der Waals surface area contributed by atoms with E-state index in [0.29, 0.717) is 13.0 Å². The van der Waals surface area contributed by atoms with Crippen molar-refractivity contribution in [2.45, 2.75) is 25.0 Å². The lowest BCUT2D eigenvalue weighted by molar-refractivity contribution is -0.136. The smallest absolute Gasteiger partial charge is 0.411 e. The minimum Gasteiger partial charge on any atom is -0.439 e. The zero-order chi connectivity index (χ0) is 15.0. The minimum atomic E-state index is -0.621. The van der Waals surface area contributed by atoms with Gasteiger partial charge in [0.25, 0.3) is 0 Å². The van der Waals surface area contributed by atoms with Crippen molar-refractivity contribution >= 4 is 40.5 Å². The molecule has 3 rings (SSSR count). The summed E-state index contributed by atoms with van der Waals surface area (Å²) in [6.45, 7) is 0.325. The number of cyclic esters (lactones) is 1. The van der Waals surface area contributed by atoms with Crippen LogP contribution < -0.4 is 5.32 Å². The molecule has 0 aromatic heterocycles. The Morgan fingerprint density at radius 2 is 1.90 bits per heavy atom. The molecular formula is C14H13IN2O4. The molecule has 21 heavy (non-hydrogen) atoms. The van der Waals surface area contributed by atoms with E-state index in [1.807, 2.05) is 24.3 Å². The number of carbonyl (C=O) groups is 3. The predicted octanol–water partition coefficient (Wildman–Crippen LogP) is 1.59. The molecule has 1 aromatic carbocycles.